The van der Waals surface area contributed by atoms with Gasteiger partial charge in [-0.3, -0.25) is 4.79 Å². The van der Waals surface area contributed by atoms with E-state index >= 15 is 0 Å². The molecule has 4 rings (SSSR count). The minimum Gasteiger partial charge on any atom is -0.268 e. The standard InChI is InChI=1S/C17H12ClN5OS2/c1-10-6-7-19-14(8-10)23-16(24)11-4-2-3-5-12(11)20-17(23)25-9-13-15(18)26-22-21-13/h2-8H,9H2,1H3. The zero-order valence-electron chi connectivity index (χ0n) is 13.6. The molecule has 3 heterocycles. The van der Waals surface area contributed by atoms with Crippen molar-refractivity contribution in [1.29, 1.82) is 0 Å². The Labute approximate surface area is 162 Å². The Kier molecular flexibility index (Phi) is 4.71. The lowest BCUT2D eigenvalue weighted by Crippen LogP contribution is -2.22. The van der Waals surface area contributed by atoms with Gasteiger partial charge in [-0.15, -0.1) is 5.10 Å². The van der Waals surface area contributed by atoms with Crippen molar-refractivity contribution in [1.82, 2.24) is 24.1 Å². The summed E-state index contributed by atoms with van der Waals surface area (Å²) in [6.07, 6.45) is 1.68. The number of halogens is 1. The first-order valence-corrected chi connectivity index (χ1v) is 9.81. The van der Waals surface area contributed by atoms with Crippen molar-refractivity contribution in [2.45, 2.75) is 17.8 Å². The molecule has 9 heteroatoms. The van der Waals surface area contributed by atoms with Crippen LogP contribution in [-0.4, -0.2) is 24.1 Å². The molecule has 0 amide bonds. The Morgan fingerprint density at radius 2 is 2.12 bits per heavy atom. The number of aromatic nitrogens is 5. The summed E-state index contributed by atoms with van der Waals surface area (Å²) in [6, 6.07) is 11.0. The average molecular weight is 402 g/mol. The van der Waals surface area contributed by atoms with Gasteiger partial charge < -0.3 is 0 Å². The molecule has 0 atom stereocenters. The second-order valence-corrected chi connectivity index (χ2v) is 7.82. The molecule has 6 nitrogen and oxygen atoms in total. The Morgan fingerprint density at radius 1 is 1.27 bits per heavy atom. The highest BCUT2D eigenvalue weighted by Crippen LogP contribution is 2.27. The second-order valence-electron chi connectivity index (χ2n) is 5.53. The predicted molar refractivity (Wildman–Crippen MR) is 104 cm³/mol. The molecule has 0 aliphatic rings. The van der Waals surface area contributed by atoms with Crippen molar-refractivity contribution in [3.05, 3.63) is 68.5 Å². The van der Waals surface area contributed by atoms with Crippen LogP contribution in [0.4, 0.5) is 0 Å². The minimum absolute atomic E-state index is 0.154. The molecular weight excluding hydrogens is 390 g/mol. The van der Waals surface area contributed by atoms with E-state index in [1.54, 1.807) is 12.3 Å². The van der Waals surface area contributed by atoms with Crippen LogP contribution in [-0.2, 0) is 5.75 Å². The number of fused-ring (bicyclic) bond motifs is 1. The molecule has 0 unspecified atom stereocenters. The molecule has 0 radical (unpaired) electrons. The van der Waals surface area contributed by atoms with E-state index in [-0.39, 0.29) is 5.56 Å². The number of nitrogens with zero attached hydrogens (tertiary/aromatic N) is 5. The second kappa shape index (κ2) is 7.14. The summed E-state index contributed by atoms with van der Waals surface area (Å²) in [4.78, 5) is 22.1. The Bertz CT molecular complexity index is 1160. The van der Waals surface area contributed by atoms with Crippen molar-refractivity contribution in [2.75, 3.05) is 0 Å². The van der Waals surface area contributed by atoms with Gasteiger partial charge in [-0.05, 0) is 36.8 Å². The molecule has 1 aromatic carbocycles. The summed E-state index contributed by atoms with van der Waals surface area (Å²) in [7, 11) is 0. The number of thioether (sulfide) groups is 1. The van der Waals surface area contributed by atoms with E-state index in [0.29, 0.717) is 37.7 Å². The van der Waals surface area contributed by atoms with Crippen molar-refractivity contribution in [3.63, 3.8) is 0 Å². The van der Waals surface area contributed by atoms with E-state index in [1.165, 1.54) is 16.3 Å². The Balaban J connectivity index is 1.88. The van der Waals surface area contributed by atoms with Crippen molar-refractivity contribution < 1.29 is 0 Å². The van der Waals surface area contributed by atoms with Gasteiger partial charge in [-0.2, -0.15) is 0 Å². The number of rotatable bonds is 4. The summed E-state index contributed by atoms with van der Waals surface area (Å²) in [5.41, 5.74) is 2.18. The zero-order valence-corrected chi connectivity index (χ0v) is 16.0. The summed E-state index contributed by atoms with van der Waals surface area (Å²) in [5.74, 6) is 1.00. The molecule has 0 aliphatic heterocycles. The number of aryl methyl sites for hydroxylation is 1. The van der Waals surface area contributed by atoms with Crippen molar-refractivity contribution in [2.24, 2.45) is 0 Å². The van der Waals surface area contributed by atoms with E-state index in [1.807, 2.05) is 37.3 Å². The molecule has 130 valence electrons. The zero-order chi connectivity index (χ0) is 18.1. The Morgan fingerprint density at radius 3 is 2.88 bits per heavy atom. The lowest BCUT2D eigenvalue weighted by molar-refractivity contribution is 0.794. The third-order valence-corrected chi connectivity index (χ3v) is 5.66. The quantitative estimate of drug-likeness (QED) is 0.381. The van der Waals surface area contributed by atoms with Gasteiger partial charge in [0, 0.05) is 23.5 Å². The molecule has 3 aromatic heterocycles. The average Bonchev–Trinajstić information content (AvgIpc) is 3.05. The molecule has 0 saturated heterocycles. The summed E-state index contributed by atoms with van der Waals surface area (Å²) in [5, 5.41) is 5.10. The van der Waals surface area contributed by atoms with E-state index in [2.05, 4.69) is 19.6 Å². The highest BCUT2D eigenvalue weighted by molar-refractivity contribution is 7.98. The van der Waals surface area contributed by atoms with Crippen LogP contribution in [0.3, 0.4) is 0 Å². The number of benzene rings is 1. The maximum Gasteiger partial charge on any atom is 0.267 e. The van der Waals surface area contributed by atoms with Crippen LogP contribution in [0.1, 0.15) is 11.3 Å². The van der Waals surface area contributed by atoms with Crippen molar-refractivity contribution >= 4 is 45.8 Å². The lowest BCUT2D eigenvalue weighted by atomic mass is 10.2. The fraction of sp³-hybridized carbons (Fsp3) is 0.118. The third-order valence-electron chi connectivity index (χ3n) is 3.72. The summed E-state index contributed by atoms with van der Waals surface area (Å²) < 4.78 is 5.92. The molecule has 26 heavy (non-hydrogen) atoms. The first-order chi connectivity index (χ1) is 12.6. The summed E-state index contributed by atoms with van der Waals surface area (Å²) >= 11 is 8.61. The van der Waals surface area contributed by atoms with Gasteiger partial charge in [0.1, 0.15) is 15.8 Å². The molecule has 0 N–H and O–H groups in total. The number of hydrogen-bond donors (Lipinski definition) is 0. The summed E-state index contributed by atoms with van der Waals surface area (Å²) in [6.45, 7) is 1.96. The topological polar surface area (TPSA) is 73.6 Å². The highest BCUT2D eigenvalue weighted by atomic mass is 35.5. The van der Waals surface area contributed by atoms with E-state index in [4.69, 9.17) is 11.6 Å². The van der Waals surface area contributed by atoms with Crippen LogP contribution in [0.5, 0.6) is 0 Å². The molecular formula is C17H12ClN5OS2. The van der Waals surface area contributed by atoms with Crippen LogP contribution in [0.25, 0.3) is 16.7 Å². The SMILES string of the molecule is Cc1ccnc(-n2c(SCc3nnsc3Cl)nc3ccccc3c2=O)c1. The van der Waals surface area contributed by atoms with E-state index in [0.717, 1.165) is 17.1 Å². The van der Waals surface area contributed by atoms with Crippen LogP contribution >= 0.6 is 34.9 Å². The number of hydrogen-bond acceptors (Lipinski definition) is 7. The third kappa shape index (κ3) is 3.23. The van der Waals surface area contributed by atoms with Gasteiger partial charge in [0.25, 0.3) is 5.56 Å². The van der Waals surface area contributed by atoms with Crippen LogP contribution < -0.4 is 5.56 Å². The fourth-order valence-corrected chi connectivity index (χ4v) is 4.20. The predicted octanol–water partition coefficient (Wildman–Crippen LogP) is 3.89. The molecule has 4 aromatic rings. The lowest BCUT2D eigenvalue weighted by Gasteiger charge is -2.12. The maximum absolute atomic E-state index is 13.1. The number of pyridine rings is 1. The Hall–Kier alpha value is -2.29. The minimum atomic E-state index is -0.154. The van der Waals surface area contributed by atoms with Gasteiger partial charge in [0.2, 0.25) is 0 Å². The molecule has 0 bridgehead atoms. The van der Waals surface area contributed by atoms with Crippen LogP contribution in [0, 0.1) is 6.92 Å². The van der Waals surface area contributed by atoms with Crippen molar-refractivity contribution in [3.8, 4) is 5.82 Å². The van der Waals surface area contributed by atoms with Crippen LogP contribution in [0.15, 0.2) is 52.5 Å². The smallest absolute Gasteiger partial charge is 0.267 e. The molecule has 0 spiro atoms. The molecule has 0 saturated carbocycles. The van der Waals surface area contributed by atoms with E-state index < -0.39 is 0 Å². The fourth-order valence-electron chi connectivity index (χ4n) is 2.47. The molecule has 0 fully saturated rings. The van der Waals surface area contributed by atoms with Gasteiger partial charge >= 0.3 is 0 Å². The van der Waals surface area contributed by atoms with E-state index in [9.17, 15) is 4.79 Å². The normalized spacial score (nSPS) is 11.2. The van der Waals surface area contributed by atoms with Crippen LogP contribution in [0.2, 0.25) is 4.34 Å². The maximum atomic E-state index is 13.1. The first-order valence-electron chi connectivity index (χ1n) is 7.68. The number of para-hydroxylation sites is 1. The van der Waals surface area contributed by atoms with Gasteiger partial charge in [0.05, 0.1) is 10.9 Å². The first kappa shape index (κ1) is 17.1. The highest BCUT2D eigenvalue weighted by Gasteiger charge is 2.16. The molecule has 0 aliphatic carbocycles. The van der Waals surface area contributed by atoms with Gasteiger partial charge in [-0.25, -0.2) is 14.5 Å². The monoisotopic (exact) mass is 401 g/mol. The van der Waals surface area contributed by atoms with Gasteiger partial charge in [0.15, 0.2) is 5.16 Å². The van der Waals surface area contributed by atoms with Gasteiger partial charge in [-0.1, -0.05) is 40.0 Å². The largest absolute Gasteiger partial charge is 0.268 e.